The number of rotatable bonds is 11. The van der Waals surface area contributed by atoms with E-state index in [0.29, 0.717) is 0 Å². The fourth-order valence-electron chi connectivity index (χ4n) is 2.41. The van der Waals surface area contributed by atoms with E-state index in [0.717, 1.165) is 24.8 Å². The highest BCUT2D eigenvalue weighted by atomic mass is 16.3. The van der Waals surface area contributed by atoms with E-state index in [1.165, 1.54) is 32.1 Å². The van der Waals surface area contributed by atoms with Gasteiger partial charge in [0.15, 0.2) is 11.5 Å². The van der Waals surface area contributed by atoms with Crippen molar-refractivity contribution in [2.75, 3.05) is 0 Å². The van der Waals surface area contributed by atoms with Crippen LogP contribution >= 0.6 is 0 Å². The lowest BCUT2D eigenvalue weighted by Crippen LogP contribution is -1.86. The van der Waals surface area contributed by atoms with Crippen LogP contribution < -0.4 is 0 Å². The van der Waals surface area contributed by atoms with Crippen molar-refractivity contribution in [3.8, 4) is 11.5 Å². The van der Waals surface area contributed by atoms with E-state index in [1.54, 1.807) is 12.1 Å². The molecule has 0 radical (unpaired) electrons. The number of aromatic hydroxyl groups is 2. The zero-order valence-electron chi connectivity index (χ0n) is 14.2. The van der Waals surface area contributed by atoms with Gasteiger partial charge in [0.05, 0.1) is 0 Å². The molecule has 0 heterocycles. The summed E-state index contributed by atoms with van der Waals surface area (Å²) in [7, 11) is 0. The van der Waals surface area contributed by atoms with Crippen molar-refractivity contribution in [2.24, 2.45) is 0 Å². The van der Waals surface area contributed by atoms with Crippen LogP contribution in [0.4, 0.5) is 0 Å². The molecule has 0 amide bonds. The molecule has 1 aromatic carbocycles. The highest BCUT2D eigenvalue weighted by Gasteiger charge is 2.00. The van der Waals surface area contributed by atoms with E-state index in [1.807, 2.05) is 25.1 Å². The van der Waals surface area contributed by atoms with E-state index in [4.69, 9.17) is 0 Å². The van der Waals surface area contributed by atoms with Crippen LogP contribution in [0, 0.1) is 0 Å². The molecule has 0 atom stereocenters. The Morgan fingerprint density at radius 2 is 1.61 bits per heavy atom. The number of benzene rings is 1. The summed E-state index contributed by atoms with van der Waals surface area (Å²) >= 11 is 0. The molecule has 0 saturated heterocycles. The molecule has 1 aromatic rings. The predicted molar refractivity (Wildman–Crippen MR) is 98.9 cm³/mol. The third-order valence-corrected chi connectivity index (χ3v) is 3.75. The summed E-state index contributed by atoms with van der Waals surface area (Å²) in [5, 5.41) is 18.7. The topological polar surface area (TPSA) is 40.5 Å². The molecule has 0 saturated carbocycles. The van der Waals surface area contributed by atoms with Gasteiger partial charge < -0.3 is 10.2 Å². The Hall–Kier alpha value is -1.96. The van der Waals surface area contributed by atoms with Gasteiger partial charge in [-0.25, -0.2) is 0 Å². The molecule has 0 aromatic heterocycles. The van der Waals surface area contributed by atoms with Crippen LogP contribution in [0.2, 0.25) is 0 Å². The van der Waals surface area contributed by atoms with E-state index < -0.39 is 0 Å². The van der Waals surface area contributed by atoms with Crippen LogP contribution in [-0.4, -0.2) is 10.2 Å². The minimum absolute atomic E-state index is 0.0187. The number of unbranched alkanes of at least 4 members (excludes halogenated alkanes) is 5. The predicted octanol–water partition coefficient (Wildman–Crippen LogP) is 6.06. The van der Waals surface area contributed by atoms with Gasteiger partial charge in [-0.3, -0.25) is 0 Å². The monoisotopic (exact) mass is 314 g/mol. The van der Waals surface area contributed by atoms with Gasteiger partial charge in [0, 0.05) is 0 Å². The molecular formula is C21H30O2. The third kappa shape index (κ3) is 9.62. The number of hydrogen-bond acceptors (Lipinski definition) is 2. The second kappa shape index (κ2) is 12.6. The summed E-state index contributed by atoms with van der Waals surface area (Å²) in [5.41, 5.74) is 1.09. The maximum atomic E-state index is 9.44. The molecule has 2 N–H and O–H groups in total. The molecule has 0 aliphatic carbocycles. The van der Waals surface area contributed by atoms with Gasteiger partial charge in [-0.05, 0) is 56.7 Å². The maximum absolute atomic E-state index is 9.44. The lowest BCUT2D eigenvalue weighted by molar-refractivity contribution is 0.403. The first-order chi connectivity index (χ1) is 11.2. The molecule has 0 unspecified atom stereocenters. The molecule has 1 rings (SSSR count). The largest absolute Gasteiger partial charge is 0.504 e. The normalized spacial score (nSPS) is 12.0. The van der Waals surface area contributed by atoms with Crippen LogP contribution in [0.15, 0.2) is 54.7 Å². The summed E-state index contributed by atoms with van der Waals surface area (Å²) in [4.78, 5) is 0. The fraction of sp³-hybridized carbons (Fsp3) is 0.429. The second-order valence-electron chi connectivity index (χ2n) is 5.79. The molecule has 0 aliphatic heterocycles. The Morgan fingerprint density at radius 3 is 2.39 bits per heavy atom. The fourth-order valence-corrected chi connectivity index (χ4v) is 2.41. The van der Waals surface area contributed by atoms with E-state index in [-0.39, 0.29) is 11.5 Å². The quantitative estimate of drug-likeness (QED) is 0.225. The average molecular weight is 314 g/mol. The van der Waals surface area contributed by atoms with E-state index in [9.17, 15) is 10.2 Å². The molecule has 2 heteroatoms. The van der Waals surface area contributed by atoms with Crippen LogP contribution in [0.5, 0.6) is 11.5 Å². The Morgan fingerprint density at radius 1 is 0.826 bits per heavy atom. The summed E-state index contributed by atoms with van der Waals surface area (Å²) < 4.78 is 0. The first kappa shape index (κ1) is 19.1. The number of phenolic OH excluding ortho intramolecular Hbond substituents is 2. The Balaban J connectivity index is 1.97. The lowest BCUT2D eigenvalue weighted by Gasteiger charge is -2.04. The van der Waals surface area contributed by atoms with Gasteiger partial charge in [0.2, 0.25) is 0 Å². The lowest BCUT2D eigenvalue weighted by atomic mass is 10.0. The van der Waals surface area contributed by atoms with Crippen molar-refractivity contribution in [2.45, 2.75) is 58.3 Å². The van der Waals surface area contributed by atoms with E-state index in [2.05, 4.69) is 24.3 Å². The Bertz CT molecular complexity index is 513. The molecule has 0 spiro atoms. The molecule has 0 bridgehead atoms. The van der Waals surface area contributed by atoms with Crippen LogP contribution in [0.1, 0.15) is 57.4 Å². The highest BCUT2D eigenvalue weighted by Crippen LogP contribution is 2.25. The first-order valence-corrected chi connectivity index (χ1v) is 8.67. The van der Waals surface area contributed by atoms with Crippen molar-refractivity contribution in [1.29, 1.82) is 0 Å². The van der Waals surface area contributed by atoms with Crippen LogP contribution in [0.25, 0.3) is 0 Å². The zero-order chi connectivity index (χ0) is 16.8. The smallest absolute Gasteiger partial charge is 0.157 e. The highest BCUT2D eigenvalue weighted by molar-refractivity contribution is 5.40. The Labute approximate surface area is 140 Å². The van der Waals surface area contributed by atoms with Gasteiger partial charge in [-0.15, -0.1) is 0 Å². The van der Waals surface area contributed by atoms with Gasteiger partial charge in [-0.1, -0.05) is 61.8 Å². The van der Waals surface area contributed by atoms with Gasteiger partial charge in [-0.2, -0.15) is 0 Å². The van der Waals surface area contributed by atoms with Crippen LogP contribution in [-0.2, 0) is 6.42 Å². The Kier molecular flexibility index (Phi) is 10.4. The molecular weight excluding hydrogens is 284 g/mol. The van der Waals surface area contributed by atoms with Gasteiger partial charge in [0.25, 0.3) is 0 Å². The second-order valence-corrected chi connectivity index (χ2v) is 5.79. The first-order valence-electron chi connectivity index (χ1n) is 8.67. The van der Waals surface area contributed by atoms with E-state index >= 15 is 0 Å². The molecule has 2 nitrogen and oxygen atoms in total. The number of phenols is 2. The summed E-state index contributed by atoms with van der Waals surface area (Å²) in [6, 6.07) is 5.10. The van der Waals surface area contributed by atoms with Crippen molar-refractivity contribution in [1.82, 2.24) is 0 Å². The van der Waals surface area contributed by atoms with Crippen molar-refractivity contribution >= 4 is 0 Å². The number of hydrogen-bond donors (Lipinski definition) is 2. The van der Waals surface area contributed by atoms with Crippen molar-refractivity contribution < 1.29 is 10.2 Å². The average Bonchev–Trinajstić information content (AvgIpc) is 2.55. The van der Waals surface area contributed by atoms with Crippen LogP contribution in [0.3, 0.4) is 0 Å². The zero-order valence-corrected chi connectivity index (χ0v) is 14.2. The SMILES string of the molecule is C/C=C\C=C\C/C=C\CCCCCCCc1ccc(O)c(O)c1. The molecule has 0 aliphatic rings. The maximum Gasteiger partial charge on any atom is 0.157 e. The number of aryl methyl sites for hydroxylation is 1. The minimum Gasteiger partial charge on any atom is -0.504 e. The summed E-state index contributed by atoms with van der Waals surface area (Å²) in [5.74, 6) is -0.0611. The van der Waals surface area contributed by atoms with Gasteiger partial charge >= 0.3 is 0 Å². The standard InChI is InChI=1S/C21H30O2/c1-2-3-4-5-6-7-8-9-10-11-12-13-14-15-19-16-17-20(22)21(23)18-19/h2-5,7-8,16-18,22-23H,6,9-15H2,1H3/b3-2-,5-4+,8-7-. The van der Waals surface area contributed by atoms with Crippen molar-refractivity contribution in [3.05, 3.63) is 60.2 Å². The molecule has 23 heavy (non-hydrogen) atoms. The third-order valence-electron chi connectivity index (χ3n) is 3.75. The minimum atomic E-state index is -0.0425. The molecule has 126 valence electrons. The number of allylic oxidation sites excluding steroid dienone is 6. The van der Waals surface area contributed by atoms with Gasteiger partial charge in [0.1, 0.15) is 0 Å². The van der Waals surface area contributed by atoms with Crippen molar-refractivity contribution in [3.63, 3.8) is 0 Å². The summed E-state index contributed by atoms with van der Waals surface area (Å²) in [6.07, 6.45) is 22.1. The summed E-state index contributed by atoms with van der Waals surface area (Å²) in [6.45, 7) is 2.02. The molecule has 0 fully saturated rings.